The highest BCUT2D eigenvalue weighted by Gasteiger charge is 1.83. The van der Waals surface area contributed by atoms with Crippen molar-refractivity contribution in [3.8, 4) is 0 Å². The Kier molecular flexibility index (Phi) is 1.44. The van der Waals surface area contributed by atoms with E-state index < -0.39 is 0 Å². The van der Waals surface area contributed by atoms with Crippen molar-refractivity contribution in [1.82, 2.24) is 4.90 Å². The summed E-state index contributed by atoms with van der Waals surface area (Å²) in [5, 5.41) is 6.53. The lowest BCUT2D eigenvalue weighted by Crippen LogP contribution is -2.26. The highest BCUT2D eigenvalue weighted by atomic mass is 15.2. The third-order valence-corrected chi connectivity index (χ3v) is 0.380. The number of hydrogen-bond acceptors (Lipinski definition) is 1. The SMILES string of the molecule is [CH]N(C)C(=N)N. The minimum Gasteiger partial charge on any atom is -0.370 e. The lowest BCUT2D eigenvalue weighted by Gasteiger charge is -2.04. The van der Waals surface area contributed by atoms with Crippen LogP contribution < -0.4 is 5.73 Å². The van der Waals surface area contributed by atoms with E-state index in [-0.39, 0.29) is 5.96 Å². The Bertz CT molecular complexity index is 57.1. The quantitative estimate of drug-likeness (QED) is 0.236. The van der Waals surface area contributed by atoms with Crippen LogP contribution in [0.4, 0.5) is 0 Å². The van der Waals surface area contributed by atoms with Crippen LogP contribution in [0.15, 0.2) is 0 Å². The molecule has 3 heteroatoms. The van der Waals surface area contributed by atoms with Crippen molar-refractivity contribution in [3.05, 3.63) is 7.05 Å². The van der Waals surface area contributed by atoms with Gasteiger partial charge < -0.3 is 10.6 Å². The van der Waals surface area contributed by atoms with Crippen LogP contribution in [0.3, 0.4) is 0 Å². The molecule has 0 aliphatic heterocycles. The Morgan fingerprint density at radius 1 is 2.00 bits per heavy atom. The molecule has 0 aliphatic rings. The predicted octanol–water partition coefficient (Wildman–Crippen LogP) is -0.520. The lowest BCUT2D eigenvalue weighted by molar-refractivity contribution is 0.666. The summed E-state index contributed by atoms with van der Waals surface area (Å²) in [4.78, 5) is 1.03. The van der Waals surface area contributed by atoms with E-state index in [1.807, 2.05) is 0 Å². The van der Waals surface area contributed by atoms with Crippen molar-refractivity contribution in [2.45, 2.75) is 0 Å². The van der Waals surface area contributed by atoms with E-state index in [2.05, 4.69) is 0 Å². The van der Waals surface area contributed by atoms with E-state index in [4.69, 9.17) is 18.2 Å². The molecule has 0 aromatic heterocycles. The van der Waals surface area contributed by atoms with Crippen molar-refractivity contribution >= 4 is 5.96 Å². The summed E-state index contributed by atoms with van der Waals surface area (Å²) < 4.78 is 0. The van der Waals surface area contributed by atoms with Gasteiger partial charge in [0.25, 0.3) is 0 Å². The van der Waals surface area contributed by atoms with Crippen LogP contribution in [-0.2, 0) is 0 Å². The maximum absolute atomic E-state index is 6.53. The molecule has 3 N–H and O–H groups in total. The smallest absolute Gasteiger partial charge is 0.188 e. The molecule has 0 heterocycles. The van der Waals surface area contributed by atoms with E-state index in [0.29, 0.717) is 0 Å². The van der Waals surface area contributed by atoms with Gasteiger partial charge in [0.05, 0.1) is 7.05 Å². The summed E-state index contributed by atoms with van der Waals surface area (Å²) in [6.07, 6.45) is 0. The van der Waals surface area contributed by atoms with Crippen molar-refractivity contribution < 1.29 is 0 Å². The molecule has 0 fully saturated rings. The van der Waals surface area contributed by atoms with E-state index in [9.17, 15) is 0 Å². The number of nitrogens with zero attached hydrogens (tertiary/aromatic N) is 1. The van der Waals surface area contributed by atoms with Gasteiger partial charge in [0, 0.05) is 7.05 Å². The van der Waals surface area contributed by atoms with Gasteiger partial charge in [-0.05, 0) is 0 Å². The van der Waals surface area contributed by atoms with Crippen molar-refractivity contribution in [2.75, 3.05) is 7.05 Å². The maximum Gasteiger partial charge on any atom is 0.188 e. The highest BCUT2D eigenvalue weighted by molar-refractivity contribution is 5.74. The maximum atomic E-state index is 6.53. The van der Waals surface area contributed by atoms with E-state index in [1.54, 1.807) is 0 Å². The van der Waals surface area contributed by atoms with Crippen LogP contribution in [0.25, 0.3) is 0 Å². The van der Waals surface area contributed by atoms with Gasteiger partial charge in [0.1, 0.15) is 0 Å². The number of rotatable bonds is 0. The van der Waals surface area contributed by atoms with Gasteiger partial charge in [0.15, 0.2) is 5.96 Å². The Hall–Kier alpha value is -0.730. The third kappa shape index (κ3) is 1.58. The van der Waals surface area contributed by atoms with Gasteiger partial charge in [-0.3, -0.25) is 5.41 Å². The molecule has 34 valence electrons. The molecule has 0 atom stereocenters. The standard InChI is InChI=1S/C3H7N3/c1-6(2)3(4)5/h1H,2H3,(H3,4,5). The summed E-state index contributed by atoms with van der Waals surface area (Å²) >= 11 is 0. The van der Waals surface area contributed by atoms with Gasteiger partial charge >= 0.3 is 0 Å². The molecule has 6 heavy (non-hydrogen) atoms. The average molecular weight is 85.1 g/mol. The first-order chi connectivity index (χ1) is 2.64. The molecule has 0 aliphatic carbocycles. The molecule has 0 aromatic carbocycles. The molecule has 0 bridgehead atoms. The van der Waals surface area contributed by atoms with Gasteiger partial charge in [0.2, 0.25) is 0 Å². The Morgan fingerprint density at radius 2 is 2.17 bits per heavy atom. The van der Waals surface area contributed by atoms with Gasteiger partial charge in [-0.2, -0.15) is 0 Å². The largest absolute Gasteiger partial charge is 0.370 e. The van der Waals surface area contributed by atoms with Crippen LogP contribution in [0.1, 0.15) is 0 Å². The first-order valence-corrected chi connectivity index (χ1v) is 1.47. The third-order valence-electron chi connectivity index (χ3n) is 0.380. The molecule has 0 saturated carbocycles. The molecule has 0 saturated heterocycles. The summed E-state index contributed by atoms with van der Waals surface area (Å²) in [5.41, 5.74) is 4.82. The Balaban J connectivity index is 3.26. The van der Waals surface area contributed by atoms with Crippen LogP contribution in [0.2, 0.25) is 0 Å². The van der Waals surface area contributed by atoms with Crippen molar-refractivity contribution in [1.29, 1.82) is 5.41 Å². The highest BCUT2D eigenvalue weighted by Crippen LogP contribution is 1.66. The minimum atomic E-state index is -0.130. The molecule has 0 rings (SSSR count). The zero-order chi connectivity index (χ0) is 5.15. The molecule has 2 radical (unpaired) electrons. The fraction of sp³-hybridized carbons (Fsp3) is 0.333. The van der Waals surface area contributed by atoms with Crippen molar-refractivity contribution in [2.24, 2.45) is 5.73 Å². The fourth-order valence-corrected chi connectivity index (χ4v) is 0. The molecule has 0 aromatic rings. The Labute approximate surface area is 37.3 Å². The fourth-order valence-electron chi connectivity index (χ4n) is 0. The Morgan fingerprint density at radius 3 is 2.17 bits per heavy atom. The zero-order valence-electron chi connectivity index (χ0n) is 3.60. The topological polar surface area (TPSA) is 53.1 Å². The minimum absolute atomic E-state index is 0.130. The van der Waals surface area contributed by atoms with Crippen LogP contribution in [-0.4, -0.2) is 17.9 Å². The van der Waals surface area contributed by atoms with E-state index in [0.717, 1.165) is 4.90 Å². The molecule has 0 spiro atoms. The summed E-state index contributed by atoms with van der Waals surface area (Å²) in [6, 6.07) is 0. The first-order valence-electron chi connectivity index (χ1n) is 1.47. The van der Waals surface area contributed by atoms with Crippen LogP contribution in [0.5, 0.6) is 0 Å². The van der Waals surface area contributed by atoms with Gasteiger partial charge in [-0.1, -0.05) is 0 Å². The second-order valence-electron chi connectivity index (χ2n) is 0.996. The van der Waals surface area contributed by atoms with Crippen molar-refractivity contribution in [3.63, 3.8) is 0 Å². The van der Waals surface area contributed by atoms with E-state index >= 15 is 0 Å². The van der Waals surface area contributed by atoms with Crippen LogP contribution in [0, 0.1) is 12.5 Å². The molecular weight excluding hydrogens is 78.1 g/mol. The number of hydrogen-bond donors (Lipinski definition) is 2. The molecule has 0 amide bonds. The van der Waals surface area contributed by atoms with Gasteiger partial charge in [-0.25, -0.2) is 0 Å². The molecule has 0 unspecified atom stereocenters. The normalized spacial score (nSPS) is 7.67. The van der Waals surface area contributed by atoms with E-state index in [1.165, 1.54) is 7.05 Å². The predicted molar refractivity (Wildman–Crippen MR) is 24.0 cm³/mol. The monoisotopic (exact) mass is 85.1 g/mol. The average Bonchev–Trinajstić information content (AvgIpc) is 1.36. The second kappa shape index (κ2) is 1.64. The summed E-state index contributed by atoms with van der Waals surface area (Å²) in [6.45, 7) is 0. The summed E-state index contributed by atoms with van der Waals surface area (Å²) in [7, 11) is 6.42. The van der Waals surface area contributed by atoms with Gasteiger partial charge in [-0.15, -0.1) is 0 Å². The molecule has 3 nitrogen and oxygen atoms in total. The number of nitrogens with two attached hydrogens (primary N) is 1. The summed E-state index contributed by atoms with van der Waals surface area (Å²) in [5.74, 6) is -0.130. The zero-order valence-corrected chi connectivity index (χ0v) is 3.60. The molecular formula is C3H7N3. The second-order valence-corrected chi connectivity index (χ2v) is 0.996. The number of nitrogens with one attached hydrogen (secondary N) is 1. The number of guanidine groups is 1. The van der Waals surface area contributed by atoms with Crippen LogP contribution >= 0.6 is 0 Å². The lowest BCUT2D eigenvalue weighted by atomic mass is 10.8. The first kappa shape index (κ1) is 5.27.